The van der Waals surface area contributed by atoms with Crippen LogP contribution in [0.3, 0.4) is 0 Å². The molecule has 0 saturated carbocycles. The van der Waals surface area contributed by atoms with Gasteiger partial charge in [0.05, 0.1) is 11.2 Å². The Morgan fingerprint density at radius 3 is 1.73 bits per heavy atom. The average Bonchev–Trinajstić information content (AvgIpc) is 2.25. The smallest absolute Gasteiger partial charge is 0.110 e. The van der Waals surface area contributed by atoms with Gasteiger partial charge in [-0.15, -0.1) is 23.5 Å². The zero-order chi connectivity index (χ0) is 11.8. The van der Waals surface area contributed by atoms with Crippen LogP contribution in [0.4, 0.5) is 0 Å². The summed E-state index contributed by atoms with van der Waals surface area (Å²) in [6.45, 7) is 3.39. The molecule has 6 heteroatoms. The molecule has 3 atom stereocenters. The molecule has 0 aromatic carbocycles. The highest BCUT2D eigenvalue weighted by atomic mass is 32.2. The van der Waals surface area contributed by atoms with Crippen molar-refractivity contribution in [2.24, 2.45) is 0 Å². The van der Waals surface area contributed by atoms with Gasteiger partial charge in [-0.25, -0.2) is 0 Å². The van der Waals surface area contributed by atoms with Crippen molar-refractivity contribution < 1.29 is 20.4 Å². The third-order valence-corrected chi connectivity index (χ3v) is 4.57. The van der Waals surface area contributed by atoms with E-state index in [0.29, 0.717) is 0 Å². The Bertz CT molecular complexity index is 153. The Balaban J connectivity index is 4.26. The lowest BCUT2D eigenvalue weighted by Gasteiger charge is -2.27. The van der Waals surface area contributed by atoms with Crippen LogP contribution in [0.1, 0.15) is 13.8 Å². The van der Waals surface area contributed by atoms with Gasteiger partial charge in [0.2, 0.25) is 0 Å². The third kappa shape index (κ3) is 5.42. The molecule has 0 amide bonds. The number of aliphatic hydroxyl groups is 4. The van der Waals surface area contributed by atoms with Crippen LogP contribution in [0.25, 0.3) is 0 Å². The number of hydrogen-bond donors (Lipinski definition) is 4. The van der Waals surface area contributed by atoms with E-state index in [1.54, 1.807) is 0 Å². The summed E-state index contributed by atoms with van der Waals surface area (Å²) in [6.07, 6.45) is -3.60. The van der Waals surface area contributed by atoms with E-state index in [4.69, 9.17) is 5.11 Å². The molecule has 0 heterocycles. The van der Waals surface area contributed by atoms with E-state index in [9.17, 15) is 15.3 Å². The molecule has 0 spiro atoms. The molecule has 0 fully saturated rings. The third-order valence-electron chi connectivity index (χ3n) is 1.87. The van der Waals surface area contributed by atoms with Crippen LogP contribution >= 0.6 is 23.5 Å². The normalized spacial score (nSPS) is 17.8. The molecular weight excluding hydrogens is 236 g/mol. The first-order valence-electron chi connectivity index (χ1n) is 4.96. The van der Waals surface area contributed by atoms with Crippen LogP contribution < -0.4 is 0 Å². The van der Waals surface area contributed by atoms with Crippen molar-refractivity contribution in [1.82, 2.24) is 0 Å². The molecule has 0 aliphatic rings. The van der Waals surface area contributed by atoms with Crippen molar-refractivity contribution in [1.29, 1.82) is 0 Å². The van der Waals surface area contributed by atoms with E-state index >= 15 is 0 Å². The predicted octanol–water partition coefficient (Wildman–Crippen LogP) is -0.106. The van der Waals surface area contributed by atoms with Gasteiger partial charge in [0.25, 0.3) is 0 Å². The van der Waals surface area contributed by atoms with Gasteiger partial charge in [-0.1, -0.05) is 13.8 Å². The minimum Gasteiger partial charge on any atom is -0.394 e. The Morgan fingerprint density at radius 1 is 0.933 bits per heavy atom. The maximum Gasteiger partial charge on any atom is 0.110 e. The van der Waals surface area contributed by atoms with Crippen LogP contribution in [0.15, 0.2) is 0 Å². The Morgan fingerprint density at radius 2 is 1.40 bits per heavy atom. The van der Waals surface area contributed by atoms with Crippen molar-refractivity contribution >= 4 is 23.5 Å². The monoisotopic (exact) mass is 256 g/mol. The van der Waals surface area contributed by atoms with Gasteiger partial charge in [0.1, 0.15) is 18.3 Å². The number of aliphatic hydroxyl groups excluding tert-OH is 4. The average molecular weight is 256 g/mol. The maximum absolute atomic E-state index is 9.78. The van der Waals surface area contributed by atoms with Crippen LogP contribution in [-0.4, -0.2) is 61.4 Å². The number of thioether (sulfide) groups is 2. The lowest BCUT2D eigenvalue weighted by atomic mass is 10.1. The molecule has 0 unspecified atom stereocenters. The molecule has 4 N–H and O–H groups in total. The second kappa shape index (κ2) is 8.66. The molecule has 92 valence electrons. The van der Waals surface area contributed by atoms with Gasteiger partial charge in [0, 0.05) is 0 Å². The van der Waals surface area contributed by atoms with E-state index < -0.39 is 24.9 Å². The van der Waals surface area contributed by atoms with Gasteiger partial charge in [-0.05, 0) is 11.5 Å². The van der Waals surface area contributed by atoms with Gasteiger partial charge < -0.3 is 20.4 Å². The predicted molar refractivity (Wildman–Crippen MR) is 65.2 cm³/mol. The highest BCUT2D eigenvalue weighted by Gasteiger charge is 2.30. The SMILES string of the molecule is CCSC(SCC)[C@@H](O)[C@@H](O)[C@@H](O)CO. The summed E-state index contributed by atoms with van der Waals surface area (Å²) in [5, 5.41) is 37.2. The minimum atomic E-state index is -1.29. The van der Waals surface area contributed by atoms with E-state index in [1.807, 2.05) is 13.8 Å². The van der Waals surface area contributed by atoms with Gasteiger partial charge in [-0.3, -0.25) is 0 Å². The molecule has 4 nitrogen and oxygen atoms in total. The van der Waals surface area contributed by atoms with Crippen molar-refractivity contribution in [3.8, 4) is 0 Å². The van der Waals surface area contributed by atoms with Crippen molar-refractivity contribution in [3.05, 3.63) is 0 Å². The van der Waals surface area contributed by atoms with E-state index in [0.717, 1.165) is 11.5 Å². The number of rotatable bonds is 8. The van der Waals surface area contributed by atoms with Crippen LogP contribution in [0.5, 0.6) is 0 Å². The molecule has 0 aliphatic heterocycles. The second-order valence-corrected chi connectivity index (χ2v) is 6.15. The van der Waals surface area contributed by atoms with Crippen LogP contribution in [0, 0.1) is 0 Å². The quantitative estimate of drug-likeness (QED) is 0.454. The van der Waals surface area contributed by atoms with E-state index in [1.165, 1.54) is 23.5 Å². The molecule has 0 saturated heterocycles. The Hall–Kier alpha value is 0.540. The first-order chi connectivity index (χ1) is 7.08. The lowest BCUT2D eigenvalue weighted by molar-refractivity contribution is -0.0706. The summed E-state index contributed by atoms with van der Waals surface area (Å²) >= 11 is 3.05. The fraction of sp³-hybridized carbons (Fsp3) is 1.00. The standard InChI is InChI=1S/C9H20O4S2/c1-3-14-9(15-4-2)8(13)7(12)6(11)5-10/h6-13H,3-5H2,1-2H3/t6-,7-,8-/m0/s1. The Kier molecular flexibility index (Phi) is 8.98. The van der Waals surface area contributed by atoms with Crippen molar-refractivity contribution in [2.75, 3.05) is 18.1 Å². The van der Waals surface area contributed by atoms with Gasteiger partial charge in [0.15, 0.2) is 0 Å². The van der Waals surface area contributed by atoms with E-state index in [2.05, 4.69) is 0 Å². The summed E-state index contributed by atoms with van der Waals surface area (Å²) in [4.78, 5) is 0. The molecule has 15 heavy (non-hydrogen) atoms. The topological polar surface area (TPSA) is 80.9 Å². The summed E-state index contributed by atoms with van der Waals surface area (Å²) in [5.41, 5.74) is 0. The first kappa shape index (κ1) is 15.5. The molecule has 0 bridgehead atoms. The maximum atomic E-state index is 9.78. The molecule has 0 radical (unpaired) electrons. The fourth-order valence-electron chi connectivity index (χ4n) is 1.07. The van der Waals surface area contributed by atoms with Gasteiger partial charge in [-0.2, -0.15) is 0 Å². The Labute approximate surface area is 99.1 Å². The summed E-state index contributed by atoms with van der Waals surface area (Å²) in [7, 11) is 0. The molecule has 0 aliphatic carbocycles. The van der Waals surface area contributed by atoms with E-state index in [-0.39, 0.29) is 4.58 Å². The van der Waals surface area contributed by atoms with Crippen molar-refractivity contribution in [3.63, 3.8) is 0 Å². The molecule has 0 aromatic heterocycles. The fourth-order valence-corrected chi connectivity index (χ4v) is 3.65. The molecular formula is C9H20O4S2. The summed E-state index contributed by atoms with van der Waals surface area (Å²) in [5.74, 6) is 1.66. The minimum absolute atomic E-state index is 0.170. The first-order valence-corrected chi connectivity index (χ1v) is 7.06. The highest BCUT2D eigenvalue weighted by molar-refractivity contribution is 8.17. The zero-order valence-electron chi connectivity index (χ0n) is 9.04. The summed E-state index contributed by atoms with van der Waals surface area (Å²) in [6, 6.07) is 0. The second-order valence-electron chi connectivity index (χ2n) is 3.01. The highest BCUT2D eigenvalue weighted by Crippen LogP contribution is 2.28. The summed E-state index contributed by atoms with van der Waals surface area (Å²) < 4.78 is -0.170. The molecule has 0 aromatic rings. The largest absolute Gasteiger partial charge is 0.394 e. The number of hydrogen-bond acceptors (Lipinski definition) is 6. The van der Waals surface area contributed by atoms with Crippen LogP contribution in [-0.2, 0) is 0 Å². The molecule has 0 rings (SSSR count). The van der Waals surface area contributed by atoms with Gasteiger partial charge >= 0.3 is 0 Å². The lowest BCUT2D eigenvalue weighted by Crippen LogP contribution is -2.44. The zero-order valence-corrected chi connectivity index (χ0v) is 10.7. The van der Waals surface area contributed by atoms with Crippen molar-refractivity contribution in [2.45, 2.75) is 36.7 Å². The van der Waals surface area contributed by atoms with Crippen LogP contribution in [0.2, 0.25) is 0 Å².